The Balaban J connectivity index is 1.73. The first-order chi connectivity index (χ1) is 19.3. The number of methoxy groups -OCH3 is 2. The van der Waals surface area contributed by atoms with Gasteiger partial charge in [0, 0.05) is 48.7 Å². The largest absolute Gasteiger partial charge is 0.496 e. The number of esters is 1. The predicted molar refractivity (Wildman–Crippen MR) is 156 cm³/mol. The van der Waals surface area contributed by atoms with Crippen LogP contribution in [-0.4, -0.2) is 61.1 Å². The van der Waals surface area contributed by atoms with E-state index in [-0.39, 0.29) is 11.8 Å². The number of carbonyl (C=O) groups excluding carboxylic acids is 3. The summed E-state index contributed by atoms with van der Waals surface area (Å²) in [7, 11) is 2.92. The Bertz CT molecular complexity index is 1370. The minimum Gasteiger partial charge on any atom is -0.496 e. The summed E-state index contributed by atoms with van der Waals surface area (Å²) in [5, 5.41) is 4.03. The molecule has 0 radical (unpaired) electrons. The van der Waals surface area contributed by atoms with Crippen molar-refractivity contribution in [3.8, 4) is 5.75 Å². The zero-order chi connectivity index (χ0) is 28.8. The van der Waals surface area contributed by atoms with Gasteiger partial charge in [0.1, 0.15) is 11.8 Å². The number of amides is 2. The quantitative estimate of drug-likeness (QED) is 0.326. The van der Waals surface area contributed by atoms with Crippen molar-refractivity contribution < 1.29 is 23.9 Å². The van der Waals surface area contributed by atoms with Gasteiger partial charge in [-0.15, -0.1) is 0 Å². The lowest BCUT2D eigenvalue weighted by Gasteiger charge is -2.24. The van der Waals surface area contributed by atoms with Gasteiger partial charge in [0.2, 0.25) is 5.91 Å². The van der Waals surface area contributed by atoms with Crippen LogP contribution >= 0.6 is 0 Å². The molecule has 40 heavy (non-hydrogen) atoms. The summed E-state index contributed by atoms with van der Waals surface area (Å²) in [5.74, 6) is 0.656. The molecule has 1 unspecified atom stereocenters. The van der Waals surface area contributed by atoms with E-state index in [1.54, 1.807) is 19.2 Å². The molecule has 1 atom stereocenters. The summed E-state index contributed by atoms with van der Waals surface area (Å²) in [6.45, 7) is 7.85. The van der Waals surface area contributed by atoms with Crippen LogP contribution in [0.4, 0.5) is 0 Å². The summed E-state index contributed by atoms with van der Waals surface area (Å²) >= 11 is 0. The Labute approximate surface area is 236 Å². The topological polar surface area (TPSA) is 89.9 Å². The second-order valence-corrected chi connectivity index (χ2v) is 10.5. The minimum atomic E-state index is -0.432. The number of nitrogens with one attached hydrogen (secondary N) is 1. The van der Waals surface area contributed by atoms with Gasteiger partial charge in [0.15, 0.2) is 0 Å². The number of fused-ring (bicyclic) bond motifs is 1. The molecule has 3 aromatic rings. The molecule has 0 bridgehead atoms. The molecule has 1 aliphatic carbocycles. The first kappa shape index (κ1) is 29.2. The number of likely N-dealkylation sites (N-methyl/N-ethyl adjacent to an activating group) is 1. The molecule has 8 nitrogen and oxygen atoms in total. The van der Waals surface area contributed by atoms with Gasteiger partial charge in [0.25, 0.3) is 5.91 Å². The van der Waals surface area contributed by atoms with Gasteiger partial charge in [0.05, 0.1) is 19.8 Å². The molecule has 2 amide bonds. The van der Waals surface area contributed by atoms with Crippen LogP contribution in [0.2, 0.25) is 0 Å². The number of ether oxygens (including phenoxy) is 2. The Morgan fingerprint density at radius 2 is 1.70 bits per heavy atom. The van der Waals surface area contributed by atoms with Crippen LogP contribution < -0.4 is 10.1 Å². The molecular weight excluding hydrogens is 506 g/mol. The highest BCUT2D eigenvalue weighted by atomic mass is 16.5. The highest BCUT2D eigenvalue weighted by Gasteiger charge is 2.24. The van der Waals surface area contributed by atoms with Crippen LogP contribution in [0.15, 0.2) is 42.6 Å². The smallest absolute Gasteiger partial charge is 0.337 e. The fourth-order valence-electron chi connectivity index (χ4n) is 5.74. The lowest BCUT2D eigenvalue weighted by Crippen LogP contribution is -2.35. The van der Waals surface area contributed by atoms with Crippen molar-refractivity contribution in [1.82, 2.24) is 14.8 Å². The third-order valence-electron chi connectivity index (χ3n) is 8.14. The summed E-state index contributed by atoms with van der Waals surface area (Å²) in [6, 6.07) is 10.5. The molecule has 1 aliphatic rings. The third-order valence-corrected chi connectivity index (χ3v) is 8.14. The standard InChI is InChI=1S/C32H41N3O5/c1-6-34(7-2)31(37)21(3)35-20-26(16-23-12-13-25(32(38)40-5)18-29(23)39-4)27-17-24(14-15-28(27)35)30(36)33-19-22-10-8-9-11-22/h12-15,17-18,20-22H,6-11,16,19H2,1-5H3,(H,33,36). The van der Waals surface area contributed by atoms with Crippen LogP contribution in [0.5, 0.6) is 5.75 Å². The number of hydrogen-bond donors (Lipinski definition) is 1. The zero-order valence-electron chi connectivity index (χ0n) is 24.3. The third kappa shape index (κ3) is 6.16. The highest BCUT2D eigenvalue weighted by molar-refractivity contribution is 5.99. The van der Waals surface area contributed by atoms with Crippen molar-refractivity contribution in [3.05, 3.63) is 64.8 Å². The lowest BCUT2D eigenvalue weighted by molar-refractivity contribution is -0.133. The van der Waals surface area contributed by atoms with E-state index in [2.05, 4.69) is 5.32 Å². The molecule has 4 rings (SSSR count). The Morgan fingerprint density at radius 1 is 1.00 bits per heavy atom. The van der Waals surface area contributed by atoms with E-state index < -0.39 is 12.0 Å². The molecule has 1 N–H and O–H groups in total. The van der Waals surface area contributed by atoms with Crippen LogP contribution in [0.3, 0.4) is 0 Å². The van der Waals surface area contributed by atoms with Gasteiger partial charge < -0.3 is 24.3 Å². The number of rotatable bonds is 11. The summed E-state index contributed by atoms with van der Waals surface area (Å²) in [4.78, 5) is 40.3. The van der Waals surface area contributed by atoms with Crippen LogP contribution in [0, 0.1) is 5.92 Å². The first-order valence-corrected chi connectivity index (χ1v) is 14.3. The average molecular weight is 548 g/mol. The van der Waals surface area contributed by atoms with Gasteiger partial charge in [-0.2, -0.15) is 0 Å². The van der Waals surface area contributed by atoms with E-state index in [4.69, 9.17) is 9.47 Å². The van der Waals surface area contributed by atoms with Gasteiger partial charge in [-0.25, -0.2) is 4.79 Å². The summed E-state index contributed by atoms with van der Waals surface area (Å²) in [5.41, 5.74) is 3.74. The zero-order valence-corrected chi connectivity index (χ0v) is 24.3. The maximum atomic E-state index is 13.3. The average Bonchev–Trinajstić information content (AvgIpc) is 3.63. The van der Waals surface area contributed by atoms with Crippen molar-refractivity contribution in [2.24, 2.45) is 5.92 Å². The van der Waals surface area contributed by atoms with E-state index in [0.717, 1.165) is 22.0 Å². The fourth-order valence-corrected chi connectivity index (χ4v) is 5.74. The molecule has 1 aromatic heterocycles. The van der Waals surface area contributed by atoms with Crippen molar-refractivity contribution in [1.29, 1.82) is 0 Å². The summed E-state index contributed by atoms with van der Waals surface area (Å²) < 4.78 is 12.5. The van der Waals surface area contributed by atoms with Gasteiger partial charge in [-0.3, -0.25) is 9.59 Å². The van der Waals surface area contributed by atoms with E-state index in [1.165, 1.54) is 32.8 Å². The van der Waals surface area contributed by atoms with E-state index in [9.17, 15) is 14.4 Å². The van der Waals surface area contributed by atoms with Crippen LogP contribution in [0.25, 0.3) is 10.9 Å². The normalized spacial score (nSPS) is 14.2. The second kappa shape index (κ2) is 13.0. The van der Waals surface area contributed by atoms with Gasteiger partial charge >= 0.3 is 5.97 Å². The molecule has 214 valence electrons. The Hall–Kier alpha value is -3.81. The molecule has 1 saturated carbocycles. The second-order valence-electron chi connectivity index (χ2n) is 10.5. The number of nitrogens with zero attached hydrogens (tertiary/aromatic N) is 2. The van der Waals surface area contributed by atoms with E-state index in [0.29, 0.717) is 48.8 Å². The van der Waals surface area contributed by atoms with E-state index in [1.807, 2.05) is 60.7 Å². The lowest BCUT2D eigenvalue weighted by atomic mass is 10.0. The Morgan fingerprint density at radius 3 is 2.35 bits per heavy atom. The highest BCUT2D eigenvalue weighted by Crippen LogP contribution is 2.32. The van der Waals surface area contributed by atoms with Crippen molar-refractivity contribution in [2.45, 2.75) is 58.9 Å². The van der Waals surface area contributed by atoms with Crippen molar-refractivity contribution >= 4 is 28.7 Å². The SMILES string of the molecule is CCN(CC)C(=O)C(C)n1cc(Cc2ccc(C(=O)OC)cc2OC)c2cc(C(=O)NCC3CCCC3)ccc21. The number of hydrogen-bond acceptors (Lipinski definition) is 5. The monoisotopic (exact) mass is 547 g/mol. The predicted octanol–water partition coefficient (Wildman–Crippen LogP) is 5.38. The molecule has 1 fully saturated rings. The molecule has 2 aromatic carbocycles. The molecular formula is C32H41N3O5. The van der Waals surface area contributed by atoms with Gasteiger partial charge in [-0.05, 0) is 81.0 Å². The molecule has 0 saturated heterocycles. The minimum absolute atomic E-state index is 0.0480. The summed E-state index contributed by atoms with van der Waals surface area (Å²) in [6.07, 6.45) is 7.30. The van der Waals surface area contributed by atoms with E-state index >= 15 is 0 Å². The van der Waals surface area contributed by atoms with Gasteiger partial charge in [-0.1, -0.05) is 18.9 Å². The molecule has 0 spiro atoms. The number of benzene rings is 2. The number of aromatic nitrogens is 1. The maximum Gasteiger partial charge on any atom is 0.337 e. The van der Waals surface area contributed by atoms with Crippen LogP contribution in [0.1, 0.15) is 84.3 Å². The molecule has 0 aliphatic heterocycles. The Kier molecular flexibility index (Phi) is 9.50. The number of carbonyl (C=O) groups is 3. The maximum absolute atomic E-state index is 13.3. The molecule has 8 heteroatoms. The fraction of sp³-hybridized carbons (Fsp3) is 0.469. The van der Waals surface area contributed by atoms with Crippen LogP contribution in [-0.2, 0) is 16.0 Å². The van der Waals surface area contributed by atoms with Crippen molar-refractivity contribution in [3.63, 3.8) is 0 Å². The van der Waals surface area contributed by atoms with Crippen molar-refractivity contribution in [2.75, 3.05) is 33.9 Å². The molecule has 1 heterocycles. The first-order valence-electron chi connectivity index (χ1n) is 14.3.